The first-order chi connectivity index (χ1) is 13.3. The first kappa shape index (κ1) is 21.4. The Bertz CT molecular complexity index is 874. The van der Waals surface area contributed by atoms with Crippen LogP contribution in [0.3, 0.4) is 0 Å². The van der Waals surface area contributed by atoms with Crippen molar-refractivity contribution in [2.45, 2.75) is 19.7 Å². The van der Waals surface area contributed by atoms with Gasteiger partial charge in [0.2, 0.25) is 0 Å². The van der Waals surface area contributed by atoms with Crippen LogP contribution < -0.4 is 5.32 Å². The molecule has 1 aromatic carbocycles. The molecule has 0 saturated heterocycles. The Morgan fingerprint density at radius 2 is 1.86 bits per heavy atom. The normalized spacial score (nSPS) is 12.6. The van der Waals surface area contributed by atoms with Gasteiger partial charge in [0, 0.05) is 12.6 Å². The van der Waals surface area contributed by atoms with Crippen molar-refractivity contribution < 1.29 is 27.6 Å². The second-order valence-corrected chi connectivity index (χ2v) is 6.42. The Hall–Kier alpha value is -2.88. The van der Waals surface area contributed by atoms with E-state index >= 15 is 0 Å². The monoisotopic (exact) mass is 413 g/mol. The number of nitrogens with one attached hydrogen (secondary N) is 1. The third kappa shape index (κ3) is 5.32. The molecule has 6 nitrogen and oxygen atoms in total. The van der Waals surface area contributed by atoms with Gasteiger partial charge in [0.1, 0.15) is 13.7 Å². The lowest BCUT2D eigenvalue weighted by molar-refractivity contribution is -0.137. The summed E-state index contributed by atoms with van der Waals surface area (Å²) in [5, 5.41) is 11.9. The van der Waals surface area contributed by atoms with Crippen molar-refractivity contribution >= 4 is 28.7 Å². The number of carbonyl (C=O) groups excluding carboxylic acids is 1. The number of thiophene rings is 1. The van der Waals surface area contributed by atoms with Gasteiger partial charge in [-0.15, -0.1) is 11.3 Å². The van der Waals surface area contributed by atoms with Crippen LogP contribution >= 0.6 is 11.3 Å². The van der Waals surface area contributed by atoms with Gasteiger partial charge in [0.25, 0.3) is 5.91 Å². The number of hydrogen-bond donors (Lipinski definition) is 1. The highest BCUT2D eigenvalue weighted by Gasteiger charge is 2.30. The van der Waals surface area contributed by atoms with E-state index in [0.29, 0.717) is 21.7 Å². The number of halogens is 3. The minimum absolute atomic E-state index is 0.0521. The fourth-order valence-corrected chi connectivity index (χ4v) is 3.09. The molecular formula is C18H18F3N3O3S. The summed E-state index contributed by atoms with van der Waals surface area (Å²) in [6.07, 6.45) is -4.39. The molecule has 0 aliphatic rings. The van der Waals surface area contributed by atoms with E-state index in [4.69, 9.17) is 9.68 Å². The van der Waals surface area contributed by atoms with Gasteiger partial charge in [0.05, 0.1) is 16.2 Å². The summed E-state index contributed by atoms with van der Waals surface area (Å²) in [5.74, 6) is -0.407. The summed E-state index contributed by atoms with van der Waals surface area (Å²) in [7, 11) is 2.82. The largest absolute Gasteiger partial charge is 0.416 e. The van der Waals surface area contributed by atoms with Gasteiger partial charge in [-0.05, 0) is 36.1 Å². The molecule has 1 aromatic heterocycles. The van der Waals surface area contributed by atoms with Gasteiger partial charge in [0.15, 0.2) is 5.71 Å². The standard InChI is InChI=1S/C18H18F3N3O3S/c1-11(12-4-6-14(7-5-12)18(19,20)21)23-27-10-13-8-9-28-16(13)15(24-26-3)17(25)22-2/h4-9H,10H2,1-3H3,(H,22,25)/b23-11?,24-15-. The van der Waals surface area contributed by atoms with E-state index in [9.17, 15) is 18.0 Å². The van der Waals surface area contributed by atoms with Gasteiger partial charge in [-0.1, -0.05) is 22.4 Å². The second-order valence-electron chi connectivity index (χ2n) is 5.50. The van der Waals surface area contributed by atoms with Crippen molar-refractivity contribution in [1.29, 1.82) is 0 Å². The van der Waals surface area contributed by atoms with Crippen LogP contribution in [0, 0.1) is 0 Å². The average molecular weight is 413 g/mol. The van der Waals surface area contributed by atoms with Gasteiger partial charge in [-0.25, -0.2) is 0 Å². The van der Waals surface area contributed by atoms with Crippen LogP contribution in [0.15, 0.2) is 46.0 Å². The van der Waals surface area contributed by atoms with Gasteiger partial charge < -0.3 is 15.0 Å². The van der Waals surface area contributed by atoms with Crippen LogP contribution in [0.5, 0.6) is 0 Å². The maximum Gasteiger partial charge on any atom is 0.416 e. The number of benzene rings is 1. The highest BCUT2D eigenvalue weighted by molar-refractivity contribution is 7.13. The number of oxime groups is 2. The lowest BCUT2D eigenvalue weighted by Crippen LogP contribution is -2.28. The van der Waals surface area contributed by atoms with E-state index in [1.165, 1.54) is 37.6 Å². The molecule has 0 radical (unpaired) electrons. The lowest BCUT2D eigenvalue weighted by Gasteiger charge is -2.08. The summed E-state index contributed by atoms with van der Waals surface area (Å²) in [6.45, 7) is 1.68. The molecule has 1 amide bonds. The molecular weight excluding hydrogens is 395 g/mol. The predicted octanol–water partition coefficient (Wildman–Crippen LogP) is 3.80. The average Bonchev–Trinajstić information content (AvgIpc) is 3.13. The topological polar surface area (TPSA) is 72.3 Å². The van der Waals surface area contributed by atoms with E-state index < -0.39 is 17.6 Å². The summed E-state index contributed by atoms with van der Waals surface area (Å²) in [6, 6.07) is 6.40. The van der Waals surface area contributed by atoms with Gasteiger partial charge in [-0.3, -0.25) is 4.79 Å². The molecule has 2 rings (SSSR count). The lowest BCUT2D eigenvalue weighted by atomic mass is 10.1. The molecule has 150 valence electrons. The van der Waals surface area contributed by atoms with Crippen LogP contribution in [-0.2, 0) is 27.3 Å². The van der Waals surface area contributed by atoms with E-state index in [1.54, 1.807) is 18.4 Å². The molecule has 0 aliphatic heterocycles. The Morgan fingerprint density at radius 1 is 1.18 bits per heavy atom. The first-order valence-corrected chi connectivity index (χ1v) is 8.90. The Kier molecular flexibility index (Phi) is 7.16. The maximum absolute atomic E-state index is 12.6. The van der Waals surface area contributed by atoms with Crippen molar-refractivity contribution in [3.8, 4) is 0 Å². The number of amides is 1. The Labute approximate surface area is 163 Å². The molecule has 0 bridgehead atoms. The third-order valence-corrected chi connectivity index (χ3v) is 4.60. The number of alkyl halides is 3. The number of carbonyl (C=O) groups is 1. The SMILES string of the molecule is CNC(=O)/C(=N\OC)c1sccc1CON=C(C)c1ccc(C(F)(F)F)cc1. The van der Waals surface area contributed by atoms with Crippen LogP contribution in [0.4, 0.5) is 13.2 Å². The van der Waals surface area contributed by atoms with E-state index in [1.807, 2.05) is 0 Å². The highest BCUT2D eigenvalue weighted by atomic mass is 32.1. The molecule has 0 aliphatic carbocycles. The minimum Gasteiger partial charge on any atom is -0.398 e. The zero-order valence-corrected chi connectivity index (χ0v) is 16.1. The molecule has 0 spiro atoms. The van der Waals surface area contributed by atoms with Crippen LogP contribution in [-0.4, -0.2) is 31.5 Å². The third-order valence-electron chi connectivity index (χ3n) is 3.64. The van der Waals surface area contributed by atoms with Crippen molar-refractivity contribution in [3.63, 3.8) is 0 Å². The molecule has 28 heavy (non-hydrogen) atoms. The van der Waals surface area contributed by atoms with Crippen LogP contribution in [0.25, 0.3) is 0 Å². The summed E-state index contributed by atoms with van der Waals surface area (Å²) in [4.78, 5) is 22.6. The zero-order valence-electron chi connectivity index (χ0n) is 15.3. The van der Waals surface area contributed by atoms with Crippen molar-refractivity contribution in [1.82, 2.24) is 5.32 Å². The van der Waals surface area contributed by atoms with Crippen LogP contribution in [0.1, 0.15) is 28.5 Å². The first-order valence-electron chi connectivity index (χ1n) is 8.02. The predicted molar refractivity (Wildman–Crippen MR) is 100 cm³/mol. The number of nitrogens with zero attached hydrogens (tertiary/aromatic N) is 2. The van der Waals surface area contributed by atoms with Crippen molar-refractivity contribution in [2.24, 2.45) is 10.3 Å². The highest BCUT2D eigenvalue weighted by Crippen LogP contribution is 2.29. The van der Waals surface area contributed by atoms with Crippen LogP contribution in [0.2, 0.25) is 0 Å². The summed E-state index contributed by atoms with van der Waals surface area (Å²) >= 11 is 1.29. The molecule has 0 atom stereocenters. The maximum atomic E-state index is 12.6. The second kappa shape index (κ2) is 9.36. The zero-order chi connectivity index (χ0) is 20.7. The number of likely N-dealkylation sites (N-methyl/N-ethyl adjacent to an activating group) is 1. The van der Waals surface area contributed by atoms with E-state index in [-0.39, 0.29) is 12.3 Å². The fourth-order valence-electron chi connectivity index (χ4n) is 2.20. The summed E-state index contributed by atoms with van der Waals surface area (Å²) < 4.78 is 37.9. The molecule has 0 fully saturated rings. The Balaban J connectivity index is 2.10. The molecule has 0 unspecified atom stereocenters. The minimum atomic E-state index is -4.39. The molecule has 1 heterocycles. The number of rotatable bonds is 7. The van der Waals surface area contributed by atoms with Gasteiger partial charge >= 0.3 is 6.18 Å². The molecule has 1 N–H and O–H groups in total. The smallest absolute Gasteiger partial charge is 0.398 e. The fraction of sp³-hybridized carbons (Fsp3) is 0.278. The Morgan fingerprint density at radius 3 is 2.43 bits per heavy atom. The molecule has 2 aromatic rings. The van der Waals surface area contributed by atoms with E-state index in [2.05, 4.69) is 15.6 Å². The van der Waals surface area contributed by atoms with Crippen molar-refractivity contribution in [3.05, 3.63) is 57.3 Å². The number of hydrogen-bond acceptors (Lipinski definition) is 6. The molecule has 0 saturated carbocycles. The summed E-state index contributed by atoms with van der Waals surface area (Å²) in [5.41, 5.74) is 0.982. The van der Waals surface area contributed by atoms with E-state index in [0.717, 1.165) is 12.1 Å². The van der Waals surface area contributed by atoms with Crippen molar-refractivity contribution in [2.75, 3.05) is 14.2 Å². The quantitative estimate of drug-likeness (QED) is 0.554. The van der Waals surface area contributed by atoms with Gasteiger partial charge in [-0.2, -0.15) is 13.2 Å². The molecule has 10 heteroatoms.